The summed E-state index contributed by atoms with van der Waals surface area (Å²) in [4.78, 5) is 4.17. The molecule has 5 heteroatoms. The monoisotopic (exact) mass is 201 g/mol. The van der Waals surface area contributed by atoms with Gasteiger partial charge in [-0.2, -0.15) is 4.37 Å². The van der Waals surface area contributed by atoms with Gasteiger partial charge in [0.05, 0.1) is 0 Å². The molecule has 1 N–H and O–H groups in total. The molecule has 1 heterocycles. The quantitative estimate of drug-likeness (QED) is 0.796. The highest BCUT2D eigenvalue weighted by Crippen LogP contribution is 2.25. The number of anilines is 1. The van der Waals surface area contributed by atoms with Crippen molar-refractivity contribution in [3.8, 4) is 0 Å². The minimum absolute atomic E-state index is 0.252. The Morgan fingerprint density at radius 2 is 2.38 bits per heavy atom. The molecule has 0 amide bonds. The van der Waals surface area contributed by atoms with Gasteiger partial charge in [0.2, 0.25) is 5.13 Å². The molecule has 0 saturated heterocycles. The van der Waals surface area contributed by atoms with Gasteiger partial charge >= 0.3 is 0 Å². The first-order valence-corrected chi connectivity index (χ1v) is 5.22. The first kappa shape index (κ1) is 8.87. The standard InChI is InChI=1S/C8H12FN3S/c1-5-10-8(13-12-5)11-7-3-2-6(9)4-7/h6-7H,2-4H2,1H3,(H,10,11,12). The minimum Gasteiger partial charge on any atom is -0.357 e. The second kappa shape index (κ2) is 3.57. The van der Waals surface area contributed by atoms with E-state index in [1.165, 1.54) is 11.5 Å². The zero-order valence-corrected chi connectivity index (χ0v) is 8.27. The Labute approximate surface area is 80.6 Å². The van der Waals surface area contributed by atoms with Crippen LogP contribution in [0.1, 0.15) is 25.1 Å². The molecule has 1 saturated carbocycles. The summed E-state index contributed by atoms with van der Waals surface area (Å²) in [5.74, 6) is 0.780. The van der Waals surface area contributed by atoms with Crippen molar-refractivity contribution < 1.29 is 4.39 Å². The van der Waals surface area contributed by atoms with Gasteiger partial charge in [-0.1, -0.05) is 0 Å². The first-order chi connectivity index (χ1) is 6.24. The molecule has 72 valence electrons. The van der Waals surface area contributed by atoms with Crippen molar-refractivity contribution in [3.05, 3.63) is 5.82 Å². The molecular weight excluding hydrogens is 189 g/mol. The Balaban J connectivity index is 1.91. The number of halogens is 1. The highest BCUT2D eigenvalue weighted by atomic mass is 32.1. The molecule has 2 unspecified atom stereocenters. The molecule has 1 aliphatic rings. The lowest BCUT2D eigenvalue weighted by atomic mass is 10.2. The maximum atomic E-state index is 12.8. The first-order valence-electron chi connectivity index (χ1n) is 4.45. The topological polar surface area (TPSA) is 37.8 Å². The van der Waals surface area contributed by atoms with Crippen molar-refractivity contribution in [2.45, 2.75) is 38.4 Å². The van der Waals surface area contributed by atoms with Crippen LogP contribution in [-0.2, 0) is 0 Å². The second-order valence-corrected chi connectivity index (χ2v) is 4.15. The second-order valence-electron chi connectivity index (χ2n) is 3.40. The molecule has 1 aliphatic carbocycles. The summed E-state index contributed by atoms with van der Waals surface area (Å²) < 4.78 is 16.9. The largest absolute Gasteiger partial charge is 0.357 e. The van der Waals surface area contributed by atoms with Gasteiger partial charge in [-0.3, -0.25) is 0 Å². The van der Waals surface area contributed by atoms with E-state index in [9.17, 15) is 4.39 Å². The van der Waals surface area contributed by atoms with Gasteiger partial charge in [0, 0.05) is 17.6 Å². The molecule has 2 rings (SSSR count). The van der Waals surface area contributed by atoms with Crippen molar-refractivity contribution in [2.75, 3.05) is 5.32 Å². The Bertz CT molecular complexity index is 289. The lowest BCUT2D eigenvalue weighted by molar-refractivity contribution is 0.341. The summed E-state index contributed by atoms with van der Waals surface area (Å²) in [6.45, 7) is 1.86. The van der Waals surface area contributed by atoms with E-state index in [0.717, 1.165) is 17.4 Å². The normalized spacial score (nSPS) is 27.8. The summed E-state index contributed by atoms with van der Waals surface area (Å²) in [5, 5.41) is 4.01. The van der Waals surface area contributed by atoms with Gasteiger partial charge in [-0.25, -0.2) is 9.37 Å². The maximum Gasteiger partial charge on any atom is 0.202 e. The van der Waals surface area contributed by atoms with Crippen LogP contribution < -0.4 is 5.32 Å². The SMILES string of the molecule is Cc1nsc(NC2CCC(F)C2)n1. The number of nitrogens with zero attached hydrogens (tertiary/aromatic N) is 2. The molecule has 2 atom stereocenters. The molecule has 1 aromatic rings. The Kier molecular flexibility index (Phi) is 2.44. The molecule has 0 bridgehead atoms. The van der Waals surface area contributed by atoms with E-state index in [1.54, 1.807) is 0 Å². The summed E-state index contributed by atoms with van der Waals surface area (Å²) in [6, 6.07) is 0.252. The third-order valence-electron chi connectivity index (χ3n) is 2.22. The number of nitrogens with one attached hydrogen (secondary N) is 1. The summed E-state index contributed by atoms with van der Waals surface area (Å²) in [6.07, 6.45) is 1.56. The minimum atomic E-state index is -0.633. The van der Waals surface area contributed by atoms with E-state index >= 15 is 0 Å². The van der Waals surface area contributed by atoms with Gasteiger partial charge in [0.15, 0.2) is 0 Å². The number of aryl methyl sites for hydroxylation is 1. The number of aromatic nitrogens is 2. The van der Waals surface area contributed by atoms with Crippen LogP contribution in [0.25, 0.3) is 0 Å². The Morgan fingerprint density at radius 3 is 2.92 bits per heavy atom. The van der Waals surface area contributed by atoms with E-state index < -0.39 is 6.17 Å². The third-order valence-corrected chi connectivity index (χ3v) is 2.96. The van der Waals surface area contributed by atoms with E-state index in [2.05, 4.69) is 14.7 Å². The zero-order valence-electron chi connectivity index (χ0n) is 7.46. The Morgan fingerprint density at radius 1 is 1.54 bits per heavy atom. The number of hydrogen-bond donors (Lipinski definition) is 1. The smallest absolute Gasteiger partial charge is 0.202 e. The average Bonchev–Trinajstić information content (AvgIpc) is 2.62. The fourth-order valence-electron chi connectivity index (χ4n) is 1.59. The molecule has 0 aromatic carbocycles. The van der Waals surface area contributed by atoms with Gasteiger partial charge in [-0.15, -0.1) is 0 Å². The predicted octanol–water partition coefficient (Wildman–Crippen LogP) is 2.15. The highest BCUT2D eigenvalue weighted by Gasteiger charge is 2.24. The molecule has 3 nitrogen and oxygen atoms in total. The van der Waals surface area contributed by atoms with E-state index in [0.29, 0.717) is 12.8 Å². The number of alkyl halides is 1. The van der Waals surface area contributed by atoms with Crippen molar-refractivity contribution >= 4 is 16.7 Å². The molecule has 0 aliphatic heterocycles. The van der Waals surface area contributed by atoms with Crippen LogP contribution in [0.15, 0.2) is 0 Å². The lowest BCUT2D eigenvalue weighted by Gasteiger charge is -2.08. The van der Waals surface area contributed by atoms with E-state index in [4.69, 9.17) is 0 Å². The van der Waals surface area contributed by atoms with Crippen molar-refractivity contribution in [3.63, 3.8) is 0 Å². The molecule has 1 fully saturated rings. The average molecular weight is 201 g/mol. The fourth-order valence-corrected chi connectivity index (χ4v) is 2.24. The molecule has 13 heavy (non-hydrogen) atoms. The summed E-state index contributed by atoms with van der Waals surface area (Å²) in [7, 11) is 0. The van der Waals surface area contributed by atoms with Crippen molar-refractivity contribution in [1.82, 2.24) is 9.36 Å². The van der Waals surface area contributed by atoms with Crippen LogP contribution >= 0.6 is 11.5 Å². The Hall–Kier alpha value is -0.710. The van der Waals surface area contributed by atoms with Gasteiger partial charge in [0.25, 0.3) is 0 Å². The van der Waals surface area contributed by atoms with Crippen molar-refractivity contribution in [1.29, 1.82) is 0 Å². The van der Waals surface area contributed by atoms with Crippen LogP contribution in [0.4, 0.5) is 9.52 Å². The van der Waals surface area contributed by atoms with E-state index in [1.807, 2.05) is 6.92 Å². The van der Waals surface area contributed by atoms with Crippen LogP contribution in [0.2, 0.25) is 0 Å². The third kappa shape index (κ3) is 2.15. The molecule has 0 radical (unpaired) electrons. The predicted molar refractivity (Wildman–Crippen MR) is 50.8 cm³/mol. The summed E-state index contributed by atoms with van der Waals surface area (Å²) in [5.41, 5.74) is 0. The van der Waals surface area contributed by atoms with Crippen LogP contribution in [0.5, 0.6) is 0 Å². The van der Waals surface area contributed by atoms with E-state index in [-0.39, 0.29) is 6.04 Å². The van der Waals surface area contributed by atoms with Crippen LogP contribution in [-0.4, -0.2) is 21.6 Å². The van der Waals surface area contributed by atoms with Gasteiger partial charge in [0.1, 0.15) is 12.0 Å². The number of hydrogen-bond acceptors (Lipinski definition) is 4. The highest BCUT2D eigenvalue weighted by molar-refractivity contribution is 7.09. The van der Waals surface area contributed by atoms with Crippen LogP contribution in [0.3, 0.4) is 0 Å². The maximum absolute atomic E-state index is 12.8. The van der Waals surface area contributed by atoms with Gasteiger partial charge in [-0.05, 0) is 26.2 Å². The fraction of sp³-hybridized carbons (Fsp3) is 0.750. The molecule has 1 aromatic heterocycles. The van der Waals surface area contributed by atoms with Crippen molar-refractivity contribution in [2.24, 2.45) is 0 Å². The van der Waals surface area contributed by atoms with Gasteiger partial charge < -0.3 is 5.32 Å². The molecular formula is C8H12FN3S. The zero-order chi connectivity index (χ0) is 9.26. The number of rotatable bonds is 2. The molecule has 0 spiro atoms. The lowest BCUT2D eigenvalue weighted by Crippen LogP contribution is -2.15. The summed E-state index contributed by atoms with van der Waals surface area (Å²) >= 11 is 1.34. The van der Waals surface area contributed by atoms with Crippen LogP contribution in [0, 0.1) is 6.92 Å².